The Bertz CT molecular complexity index is 978. The van der Waals surface area contributed by atoms with Gasteiger partial charge in [-0.25, -0.2) is 0 Å². The van der Waals surface area contributed by atoms with Crippen LogP contribution in [0.3, 0.4) is 0 Å². The number of aromatic hydroxyl groups is 2. The van der Waals surface area contributed by atoms with Crippen molar-refractivity contribution in [1.29, 1.82) is 0 Å². The smallest absolute Gasteiger partial charge is 0.203 e. The van der Waals surface area contributed by atoms with E-state index in [-0.39, 0.29) is 47.3 Å². The Morgan fingerprint density at radius 1 is 0.700 bits per heavy atom. The predicted molar refractivity (Wildman–Crippen MR) is 110 cm³/mol. The van der Waals surface area contributed by atoms with Crippen LogP contribution in [0, 0.1) is 0 Å². The van der Waals surface area contributed by atoms with Gasteiger partial charge in [-0.3, -0.25) is 0 Å². The van der Waals surface area contributed by atoms with E-state index in [9.17, 15) is 20.4 Å². The number of phenols is 2. The average Bonchev–Trinajstić information content (AvgIpc) is 2.67. The lowest BCUT2D eigenvalue weighted by molar-refractivity contribution is -0.129. The number of phenolic OH excluding ortho intramolecular Hbond substituents is 2. The van der Waals surface area contributed by atoms with Crippen LogP contribution in [0.25, 0.3) is 11.1 Å². The molecule has 0 fully saturated rings. The third kappa shape index (κ3) is 3.16. The van der Waals surface area contributed by atoms with Crippen molar-refractivity contribution in [2.45, 2.75) is 37.9 Å². The summed E-state index contributed by atoms with van der Waals surface area (Å²) in [6, 6.07) is 3.04. The molecule has 1 aliphatic rings. The lowest BCUT2D eigenvalue weighted by Gasteiger charge is -2.41. The van der Waals surface area contributed by atoms with Gasteiger partial charge in [-0.2, -0.15) is 0 Å². The number of hydrogen-bond donors (Lipinski definition) is 4. The number of methoxy groups -OCH3 is 4. The first kappa shape index (κ1) is 21.9. The second-order valence-corrected chi connectivity index (χ2v) is 7.89. The summed E-state index contributed by atoms with van der Waals surface area (Å²) in [7, 11) is 5.65. The summed E-state index contributed by atoms with van der Waals surface area (Å²) < 4.78 is 21.7. The maximum atomic E-state index is 11.2. The minimum absolute atomic E-state index is 0.00136. The second-order valence-electron chi connectivity index (χ2n) is 7.89. The van der Waals surface area contributed by atoms with E-state index in [1.54, 1.807) is 6.07 Å². The molecule has 0 saturated carbocycles. The van der Waals surface area contributed by atoms with Gasteiger partial charge in [0.05, 0.1) is 39.6 Å². The molecule has 30 heavy (non-hydrogen) atoms. The number of aliphatic hydroxyl groups is 2. The van der Waals surface area contributed by atoms with Gasteiger partial charge in [0.1, 0.15) is 0 Å². The van der Waals surface area contributed by atoms with E-state index in [2.05, 4.69) is 0 Å². The SMILES string of the molecule is COc1cc2c(c(OC)c1O)-c1c(cc(O)c(OC)c1OC)C[C@](C)(O)[C@](C)(O)C2. The topological polar surface area (TPSA) is 118 Å². The molecule has 0 aromatic heterocycles. The molecule has 3 rings (SSSR count). The van der Waals surface area contributed by atoms with Gasteiger partial charge in [-0.15, -0.1) is 0 Å². The molecule has 2 atom stereocenters. The van der Waals surface area contributed by atoms with Crippen LogP contribution < -0.4 is 18.9 Å². The Balaban J connectivity index is 2.55. The fourth-order valence-corrected chi connectivity index (χ4v) is 4.05. The first-order valence-electron chi connectivity index (χ1n) is 9.41. The van der Waals surface area contributed by atoms with Crippen LogP contribution >= 0.6 is 0 Å². The highest BCUT2D eigenvalue weighted by Crippen LogP contribution is 2.55. The summed E-state index contributed by atoms with van der Waals surface area (Å²) in [5.41, 5.74) is -1.12. The standard InChI is InChI=1S/C22H28O8/c1-21(25)9-11-7-13(23)18(28-4)20(30-6)16(11)15-12(10-22(21,2)26)8-14(27-3)17(24)19(15)29-5/h7-8,23-26H,9-10H2,1-6H3/t21-,22+/m0/s1. The summed E-state index contributed by atoms with van der Waals surface area (Å²) >= 11 is 0. The molecule has 0 spiro atoms. The normalized spacial score (nSPS) is 22.9. The molecule has 0 unspecified atom stereocenters. The van der Waals surface area contributed by atoms with E-state index >= 15 is 0 Å². The van der Waals surface area contributed by atoms with Crippen molar-refractivity contribution in [2.75, 3.05) is 28.4 Å². The van der Waals surface area contributed by atoms with Crippen LogP contribution in [0.15, 0.2) is 12.1 Å². The molecule has 8 nitrogen and oxygen atoms in total. The molecule has 2 aromatic rings. The summed E-state index contributed by atoms with van der Waals surface area (Å²) in [6.45, 7) is 3.07. The van der Waals surface area contributed by atoms with Crippen molar-refractivity contribution in [3.8, 4) is 45.6 Å². The maximum absolute atomic E-state index is 11.2. The van der Waals surface area contributed by atoms with Gasteiger partial charge in [0.2, 0.25) is 11.5 Å². The molecule has 0 aliphatic heterocycles. The van der Waals surface area contributed by atoms with Gasteiger partial charge >= 0.3 is 0 Å². The summed E-state index contributed by atoms with van der Waals surface area (Å²) in [5.74, 6) is 0.204. The quantitative estimate of drug-likeness (QED) is 0.596. The van der Waals surface area contributed by atoms with Crippen molar-refractivity contribution in [3.05, 3.63) is 23.3 Å². The largest absolute Gasteiger partial charge is 0.504 e. The zero-order chi connectivity index (χ0) is 22.4. The highest BCUT2D eigenvalue weighted by molar-refractivity contribution is 5.88. The van der Waals surface area contributed by atoms with Crippen molar-refractivity contribution in [1.82, 2.24) is 0 Å². The van der Waals surface area contributed by atoms with E-state index in [1.807, 2.05) is 0 Å². The van der Waals surface area contributed by atoms with E-state index < -0.39 is 11.2 Å². The van der Waals surface area contributed by atoms with Crippen LogP contribution in [0.2, 0.25) is 0 Å². The first-order valence-corrected chi connectivity index (χ1v) is 9.41. The van der Waals surface area contributed by atoms with Crippen molar-refractivity contribution in [3.63, 3.8) is 0 Å². The fraction of sp³-hybridized carbons (Fsp3) is 0.455. The monoisotopic (exact) mass is 420 g/mol. The van der Waals surface area contributed by atoms with E-state index in [0.29, 0.717) is 22.3 Å². The van der Waals surface area contributed by atoms with Crippen molar-refractivity contribution >= 4 is 0 Å². The van der Waals surface area contributed by atoms with Crippen LogP contribution in [-0.4, -0.2) is 60.1 Å². The minimum atomic E-state index is -1.55. The second kappa shape index (κ2) is 7.45. The highest BCUT2D eigenvalue weighted by atomic mass is 16.5. The van der Waals surface area contributed by atoms with Crippen LogP contribution in [0.5, 0.6) is 34.5 Å². The lowest BCUT2D eigenvalue weighted by atomic mass is 9.72. The number of fused-ring (bicyclic) bond motifs is 3. The number of hydrogen-bond acceptors (Lipinski definition) is 8. The molecule has 0 radical (unpaired) electrons. The number of rotatable bonds is 4. The summed E-state index contributed by atoms with van der Waals surface area (Å²) in [6.07, 6.45) is 0.0345. The zero-order valence-corrected chi connectivity index (χ0v) is 18.0. The van der Waals surface area contributed by atoms with E-state index in [1.165, 1.54) is 48.4 Å². The van der Waals surface area contributed by atoms with Gasteiger partial charge in [0.15, 0.2) is 23.0 Å². The fourth-order valence-electron chi connectivity index (χ4n) is 4.05. The Hall–Kier alpha value is -2.84. The molecule has 8 heteroatoms. The molecule has 0 saturated heterocycles. The maximum Gasteiger partial charge on any atom is 0.203 e. The highest BCUT2D eigenvalue weighted by Gasteiger charge is 2.46. The molecule has 1 aliphatic carbocycles. The van der Waals surface area contributed by atoms with Crippen LogP contribution in [0.4, 0.5) is 0 Å². The van der Waals surface area contributed by atoms with Gasteiger partial charge in [-0.1, -0.05) is 0 Å². The summed E-state index contributed by atoms with van der Waals surface area (Å²) in [5, 5.41) is 43.5. The van der Waals surface area contributed by atoms with E-state index in [4.69, 9.17) is 18.9 Å². The summed E-state index contributed by atoms with van der Waals surface area (Å²) in [4.78, 5) is 0. The Morgan fingerprint density at radius 2 is 1.17 bits per heavy atom. The Morgan fingerprint density at radius 3 is 1.63 bits per heavy atom. The van der Waals surface area contributed by atoms with Crippen molar-refractivity contribution < 1.29 is 39.4 Å². The zero-order valence-electron chi connectivity index (χ0n) is 18.0. The van der Waals surface area contributed by atoms with Crippen molar-refractivity contribution in [2.24, 2.45) is 0 Å². The number of benzene rings is 2. The molecule has 4 N–H and O–H groups in total. The molecular formula is C22H28O8. The molecule has 0 bridgehead atoms. The lowest BCUT2D eigenvalue weighted by Crippen LogP contribution is -2.53. The van der Waals surface area contributed by atoms with Gasteiger partial charge in [-0.05, 0) is 37.1 Å². The van der Waals surface area contributed by atoms with Crippen LogP contribution in [0.1, 0.15) is 25.0 Å². The minimum Gasteiger partial charge on any atom is -0.504 e. The predicted octanol–water partition coefficient (Wildman–Crippen LogP) is 2.40. The molecule has 164 valence electrons. The molecule has 0 heterocycles. The number of ether oxygens (including phenoxy) is 4. The molecule has 2 aromatic carbocycles. The van der Waals surface area contributed by atoms with Crippen LogP contribution in [-0.2, 0) is 12.8 Å². The third-order valence-electron chi connectivity index (χ3n) is 5.91. The van der Waals surface area contributed by atoms with Gasteiger partial charge < -0.3 is 39.4 Å². The Labute approximate surface area is 175 Å². The van der Waals surface area contributed by atoms with E-state index in [0.717, 1.165) is 0 Å². The first-order chi connectivity index (χ1) is 14.0. The Kier molecular flexibility index (Phi) is 5.43. The molecular weight excluding hydrogens is 392 g/mol. The third-order valence-corrected chi connectivity index (χ3v) is 5.91. The molecule has 0 amide bonds. The van der Waals surface area contributed by atoms with Gasteiger partial charge in [0.25, 0.3) is 0 Å². The average molecular weight is 420 g/mol. The van der Waals surface area contributed by atoms with Gasteiger partial charge in [0, 0.05) is 24.0 Å².